The maximum absolute atomic E-state index is 14.4. The lowest BCUT2D eigenvalue weighted by atomic mass is 9.94. The van der Waals surface area contributed by atoms with Crippen molar-refractivity contribution in [3.63, 3.8) is 0 Å². The number of aliphatic hydroxyl groups excluding tert-OH is 1. The molecule has 2 fully saturated rings. The topological polar surface area (TPSA) is 119 Å². The SMILES string of the molecule is CC(O)C(=O)c1c(F)cccc1N1CCC(CNC(=O)C2(NC(=O)c3ccc(O)cc3)CC2)CC1. The molecule has 2 aromatic carbocycles. The Morgan fingerprint density at radius 2 is 1.77 bits per heavy atom. The molecule has 186 valence electrons. The van der Waals surface area contributed by atoms with Crippen LogP contribution in [0.3, 0.4) is 0 Å². The van der Waals surface area contributed by atoms with Crippen molar-refractivity contribution in [1.29, 1.82) is 0 Å². The van der Waals surface area contributed by atoms with E-state index in [1.807, 2.05) is 4.90 Å². The maximum Gasteiger partial charge on any atom is 0.252 e. The van der Waals surface area contributed by atoms with Gasteiger partial charge < -0.3 is 25.7 Å². The number of rotatable bonds is 8. The Balaban J connectivity index is 1.30. The number of anilines is 1. The zero-order chi connectivity index (χ0) is 25.2. The second-order valence-electron chi connectivity index (χ2n) is 9.40. The van der Waals surface area contributed by atoms with E-state index in [9.17, 15) is 29.0 Å². The summed E-state index contributed by atoms with van der Waals surface area (Å²) in [7, 11) is 0. The average molecular weight is 484 g/mol. The monoisotopic (exact) mass is 483 g/mol. The third-order valence-electron chi connectivity index (χ3n) is 6.79. The minimum Gasteiger partial charge on any atom is -0.508 e. The molecular formula is C26H30FN3O5. The minimum absolute atomic E-state index is 0.0645. The molecule has 0 radical (unpaired) electrons. The quantitative estimate of drug-likeness (QED) is 0.428. The first kappa shape index (κ1) is 24.7. The van der Waals surface area contributed by atoms with E-state index in [4.69, 9.17) is 0 Å². The van der Waals surface area contributed by atoms with Gasteiger partial charge in [0.2, 0.25) is 5.91 Å². The Kier molecular flexibility index (Phi) is 7.07. The van der Waals surface area contributed by atoms with E-state index in [1.165, 1.54) is 37.3 Å². The van der Waals surface area contributed by atoms with Crippen molar-refractivity contribution in [2.45, 2.75) is 44.2 Å². The van der Waals surface area contributed by atoms with E-state index >= 15 is 0 Å². The smallest absolute Gasteiger partial charge is 0.252 e. The largest absolute Gasteiger partial charge is 0.508 e. The normalized spacial score (nSPS) is 18.0. The summed E-state index contributed by atoms with van der Waals surface area (Å²) in [6.45, 7) is 2.97. The maximum atomic E-state index is 14.4. The number of phenolic OH excluding ortho intramolecular Hbond substituents is 1. The first-order valence-electron chi connectivity index (χ1n) is 11.9. The van der Waals surface area contributed by atoms with E-state index in [-0.39, 0.29) is 29.0 Å². The van der Waals surface area contributed by atoms with E-state index in [0.29, 0.717) is 43.7 Å². The summed E-state index contributed by atoms with van der Waals surface area (Å²) in [4.78, 5) is 39.6. The number of halogens is 1. The summed E-state index contributed by atoms with van der Waals surface area (Å²) in [5, 5.41) is 24.8. The minimum atomic E-state index is -1.29. The molecule has 9 heteroatoms. The van der Waals surface area contributed by atoms with Crippen molar-refractivity contribution in [2.24, 2.45) is 5.92 Å². The first-order valence-corrected chi connectivity index (χ1v) is 11.9. The van der Waals surface area contributed by atoms with Gasteiger partial charge in [0, 0.05) is 25.2 Å². The van der Waals surface area contributed by atoms with Crippen molar-refractivity contribution < 1.29 is 29.0 Å². The Bertz CT molecular complexity index is 1110. The summed E-state index contributed by atoms with van der Waals surface area (Å²) in [5.41, 5.74) is -0.130. The standard InChI is InChI=1S/C26H30FN3O5/c1-16(31)23(33)22-20(27)3-2-4-21(22)30-13-9-17(10-14-30)15-28-25(35)26(11-12-26)29-24(34)18-5-7-19(32)8-6-18/h2-8,16-17,31-32H,9-15H2,1H3,(H,28,35)(H,29,34). The van der Waals surface area contributed by atoms with E-state index < -0.39 is 23.2 Å². The number of hydrogen-bond donors (Lipinski definition) is 4. The highest BCUT2D eigenvalue weighted by Crippen LogP contribution is 2.36. The Labute approximate surface area is 203 Å². The molecule has 1 unspecified atom stereocenters. The van der Waals surface area contributed by atoms with Crippen molar-refractivity contribution in [3.05, 3.63) is 59.4 Å². The van der Waals surface area contributed by atoms with E-state index in [2.05, 4.69) is 10.6 Å². The molecule has 2 aromatic rings. The zero-order valence-corrected chi connectivity index (χ0v) is 19.6. The molecule has 1 saturated heterocycles. The molecule has 2 amide bonds. The number of aromatic hydroxyl groups is 1. The number of piperidine rings is 1. The second kappa shape index (κ2) is 10.0. The molecule has 8 nitrogen and oxygen atoms in total. The summed E-state index contributed by atoms with van der Waals surface area (Å²) in [5.74, 6) is -1.58. The number of Topliss-reactive ketones (excluding diaryl/α,β-unsaturated/α-hetero) is 1. The van der Waals surface area contributed by atoms with Gasteiger partial charge in [0.25, 0.3) is 5.91 Å². The Hall–Kier alpha value is -3.46. The van der Waals surface area contributed by atoms with Gasteiger partial charge in [-0.3, -0.25) is 14.4 Å². The highest BCUT2D eigenvalue weighted by atomic mass is 19.1. The molecule has 35 heavy (non-hydrogen) atoms. The number of nitrogens with zero attached hydrogens (tertiary/aromatic N) is 1. The summed E-state index contributed by atoms with van der Waals surface area (Å²) >= 11 is 0. The van der Waals surface area contributed by atoms with Crippen LogP contribution < -0.4 is 15.5 Å². The van der Waals surface area contributed by atoms with Crippen molar-refractivity contribution in [1.82, 2.24) is 10.6 Å². The molecule has 1 aliphatic carbocycles. The van der Waals surface area contributed by atoms with Crippen LogP contribution in [0.25, 0.3) is 0 Å². The number of ketones is 1. The van der Waals surface area contributed by atoms with Crippen LogP contribution in [0, 0.1) is 11.7 Å². The number of hydrogen-bond acceptors (Lipinski definition) is 6. The highest BCUT2D eigenvalue weighted by Gasteiger charge is 2.51. The molecule has 0 bridgehead atoms. The lowest BCUT2D eigenvalue weighted by Crippen LogP contribution is -2.50. The van der Waals surface area contributed by atoms with Gasteiger partial charge in [-0.05, 0) is 74.9 Å². The fraction of sp³-hybridized carbons (Fsp3) is 0.423. The molecule has 4 rings (SSSR count). The van der Waals surface area contributed by atoms with Crippen molar-refractivity contribution >= 4 is 23.3 Å². The third kappa shape index (κ3) is 5.45. The van der Waals surface area contributed by atoms with Gasteiger partial charge in [-0.15, -0.1) is 0 Å². The van der Waals surface area contributed by atoms with Crippen LogP contribution in [0.1, 0.15) is 53.3 Å². The first-order chi connectivity index (χ1) is 16.7. The Morgan fingerprint density at radius 3 is 2.37 bits per heavy atom. The van der Waals surface area contributed by atoms with Crippen LogP contribution >= 0.6 is 0 Å². The highest BCUT2D eigenvalue weighted by molar-refractivity contribution is 6.04. The van der Waals surface area contributed by atoms with Crippen LogP contribution in [0.2, 0.25) is 0 Å². The Morgan fingerprint density at radius 1 is 1.11 bits per heavy atom. The molecule has 1 heterocycles. The van der Waals surface area contributed by atoms with Crippen molar-refractivity contribution in [3.8, 4) is 5.75 Å². The number of benzene rings is 2. The van der Waals surface area contributed by atoms with Gasteiger partial charge in [-0.2, -0.15) is 0 Å². The van der Waals surface area contributed by atoms with Crippen molar-refractivity contribution in [2.75, 3.05) is 24.5 Å². The molecule has 0 aromatic heterocycles. The molecule has 1 aliphatic heterocycles. The summed E-state index contributed by atoms with van der Waals surface area (Å²) < 4.78 is 14.4. The number of aliphatic hydroxyl groups is 1. The predicted octanol–water partition coefficient (Wildman–Crippen LogP) is 2.39. The summed E-state index contributed by atoms with van der Waals surface area (Å²) in [6.07, 6.45) is 1.34. The predicted molar refractivity (Wildman–Crippen MR) is 128 cm³/mol. The van der Waals surface area contributed by atoms with Crippen LogP contribution in [0.5, 0.6) is 5.75 Å². The average Bonchev–Trinajstić information content (AvgIpc) is 3.63. The summed E-state index contributed by atoms with van der Waals surface area (Å²) in [6, 6.07) is 10.3. The van der Waals surface area contributed by atoms with Gasteiger partial charge in [0.15, 0.2) is 5.78 Å². The molecule has 1 atom stereocenters. The molecular weight excluding hydrogens is 453 g/mol. The van der Waals surface area contributed by atoms with Gasteiger partial charge in [0.1, 0.15) is 23.2 Å². The molecule has 0 spiro atoms. The third-order valence-corrected chi connectivity index (χ3v) is 6.79. The van der Waals surface area contributed by atoms with Gasteiger partial charge in [-0.1, -0.05) is 6.07 Å². The van der Waals surface area contributed by atoms with Crippen LogP contribution in [0.15, 0.2) is 42.5 Å². The van der Waals surface area contributed by atoms with Gasteiger partial charge >= 0.3 is 0 Å². The fourth-order valence-corrected chi connectivity index (χ4v) is 4.45. The molecule has 1 saturated carbocycles. The molecule has 2 aliphatic rings. The van der Waals surface area contributed by atoms with Gasteiger partial charge in [0.05, 0.1) is 11.3 Å². The lowest BCUT2D eigenvalue weighted by molar-refractivity contribution is -0.124. The fourth-order valence-electron chi connectivity index (χ4n) is 4.45. The van der Waals surface area contributed by atoms with E-state index in [1.54, 1.807) is 12.1 Å². The van der Waals surface area contributed by atoms with E-state index in [0.717, 1.165) is 12.8 Å². The second-order valence-corrected chi connectivity index (χ2v) is 9.40. The number of carbonyl (C=O) groups is 3. The number of nitrogens with one attached hydrogen (secondary N) is 2. The zero-order valence-electron chi connectivity index (χ0n) is 19.6. The lowest BCUT2D eigenvalue weighted by Gasteiger charge is -2.35. The van der Waals surface area contributed by atoms with Crippen LogP contribution in [-0.4, -0.2) is 59.1 Å². The van der Waals surface area contributed by atoms with Crippen LogP contribution in [0.4, 0.5) is 10.1 Å². The number of carbonyl (C=O) groups excluding carboxylic acids is 3. The number of amides is 2. The van der Waals surface area contributed by atoms with Crippen LogP contribution in [-0.2, 0) is 4.79 Å². The van der Waals surface area contributed by atoms with Gasteiger partial charge in [-0.25, -0.2) is 4.39 Å². The molecule has 4 N–H and O–H groups in total. The number of phenols is 1.